The summed E-state index contributed by atoms with van der Waals surface area (Å²) in [5.41, 5.74) is 0. The molecular weight excluding hydrogens is 175 g/mol. The quantitative estimate of drug-likeness (QED) is 0.533. The van der Waals surface area contributed by atoms with E-state index in [0.29, 0.717) is 5.03 Å². The van der Waals surface area contributed by atoms with Gasteiger partial charge in [0.25, 0.3) is 0 Å². The second kappa shape index (κ2) is 4.97. The van der Waals surface area contributed by atoms with Crippen molar-refractivity contribution in [3.63, 3.8) is 0 Å². The van der Waals surface area contributed by atoms with Crippen LogP contribution >= 0.6 is 23.2 Å². The Morgan fingerprint density at radius 1 is 1.80 bits per heavy atom. The molecule has 0 aliphatic rings. The first-order chi connectivity index (χ1) is 4.54. The molecule has 0 heterocycles. The Kier molecular flexibility index (Phi) is 5.09. The van der Waals surface area contributed by atoms with Crippen LogP contribution in [0.15, 0.2) is 11.6 Å². The Balaban J connectivity index is 3.40. The summed E-state index contributed by atoms with van der Waals surface area (Å²) in [4.78, 5) is 0. The molecule has 2 nitrogen and oxygen atoms in total. The van der Waals surface area contributed by atoms with Crippen molar-refractivity contribution in [2.45, 2.75) is 18.6 Å². The fraction of sp³-hybridized carbons (Fsp3) is 0.667. The van der Waals surface area contributed by atoms with E-state index in [-0.39, 0.29) is 6.61 Å². The third-order valence-corrected chi connectivity index (χ3v) is 1.59. The number of halogens is 2. The highest BCUT2D eigenvalue weighted by Crippen LogP contribution is 2.12. The fourth-order valence-corrected chi connectivity index (χ4v) is 0.450. The lowest BCUT2D eigenvalue weighted by Gasteiger charge is -2.09. The smallest absolute Gasteiger partial charge is 0.151 e. The predicted molar refractivity (Wildman–Crippen MR) is 42.3 cm³/mol. The molecule has 0 aromatic rings. The van der Waals surface area contributed by atoms with Crippen molar-refractivity contribution >= 4 is 23.2 Å². The highest BCUT2D eigenvalue weighted by molar-refractivity contribution is 6.37. The van der Waals surface area contributed by atoms with Gasteiger partial charge in [0, 0.05) is 5.03 Å². The fourth-order valence-electron chi connectivity index (χ4n) is 0.314. The van der Waals surface area contributed by atoms with Gasteiger partial charge in [0.05, 0.1) is 12.0 Å². The molecule has 0 aliphatic heterocycles. The van der Waals surface area contributed by atoms with E-state index in [1.165, 1.54) is 6.92 Å². The minimum atomic E-state index is -0.808. The van der Waals surface area contributed by atoms with Crippen molar-refractivity contribution in [3.05, 3.63) is 11.6 Å². The maximum absolute atomic E-state index is 8.63. The topological polar surface area (TPSA) is 29.5 Å². The molecule has 60 valence electrons. The first-order valence-electron chi connectivity index (χ1n) is 2.82. The van der Waals surface area contributed by atoms with Gasteiger partial charge in [-0.2, -0.15) is 0 Å². The van der Waals surface area contributed by atoms with Crippen molar-refractivity contribution in [2.75, 3.05) is 6.61 Å². The van der Waals surface area contributed by atoms with Gasteiger partial charge in [-0.3, -0.25) is 0 Å². The summed E-state index contributed by atoms with van der Waals surface area (Å²) in [5, 5.41) is 8.52. The van der Waals surface area contributed by atoms with Gasteiger partial charge in [-0.15, -0.1) is 11.6 Å². The number of aliphatic hydroxyl groups excluding tert-OH is 1. The van der Waals surface area contributed by atoms with Crippen LogP contribution in [0, 0.1) is 0 Å². The van der Waals surface area contributed by atoms with Gasteiger partial charge in [0.15, 0.2) is 6.29 Å². The van der Waals surface area contributed by atoms with Crippen LogP contribution in [0.5, 0.6) is 0 Å². The molecule has 0 fully saturated rings. The molecule has 0 bridgehead atoms. The Morgan fingerprint density at radius 3 is 2.60 bits per heavy atom. The maximum Gasteiger partial charge on any atom is 0.151 e. The molecular formula is C6H10Cl2O2. The van der Waals surface area contributed by atoms with Crippen molar-refractivity contribution in [3.8, 4) is 0 Å². The molecule has 0 amide bonds. The van der Waals surface area contributed by atoms with E-state index in [1.54, 1.807) is 0 Å². The predicted octanol–water partition coefficient (Wildman–Crippen LogP) is 1.70. The van der Waals surface area contributed by atoms with Gasteiger partial charge in [-0.25, -0.2) is 0 Å². The molecule has 2 atom stereocenters. The molecule has 4 heteroatoms. The van der Waals surface area contributed by atoms with Crippen LogP contribution in [0.2, 0.25) is 0 Å². The lowest BCUT2D eigenvalue weighted by molar-refractivity contribution is -0.0827. The molecule has 1 N–H and O–H groups in total. The summed E-state index contributed by atoms with van der Waals surface area (Å²) < 4.78 is 4.74. The van der Waals surface area contributed by atoms with Crippen molar-refractivity contribution in [1.82, 2.24) is 0 Å². The van der Waals surface area contributed by atoms with E-state index in [0.717, 1.165) is 0 Å². The minimum Gasteiger partial charge on any atom is -0.368 e. The molecule has 0 aliphatic carbocycles. The molecule has 0 rings (SSSR count). The SMILES string of the molecule is C=C(Cl)C(Cl)COC(C)O. The number of ether oxygens (including phenoxy) is 1. The van der Waals surface area contributed by atoms with Crippen molar-refractivity contribution < 1.29 is 9.84 Å². The molecule has 0 radical (unpaired) electrons. The van der Waals surface area contributed by atoms with E-state index < -0.39 is 11.7 Å². The molecule has 0 aromatic heterocycles. The normalized spacial score (nSPS) is 16.4. The van der Waals surface area contributed by atoms with E-state index in [2.05, 4.69) is 6.58 Å². The number of aliphatic hydroxyl groups is 1. The third-order valence-electron chi connectivity index (χ3n) is 0.824. The largest absolute Gasteiger partial charge is 0.368 e. The first-order valence-corrected chi connectivity index (χ1v) is 3.63. The van der Waals surface area contributed by atoms with E-state index in [9.17, 15) is 0 Å². The second-order valence-electron chi connectivity index (χ2n) is 1.85. The molecule has 0 spiro atoms. The highest BCUT2D eigenvalue weighted by Gasteiger charge is 2.07. The van der Waals surface area contributed by atoms with Crippen molar-refractivity contribution in [1.29, 1.82) is 0 Å². The monoisotopic (exact) mass is 184 g/mol. The van der Waals surface area contributed by atoms with Crippen LogP contribution in [0.1, 0.15) is 6.92 Å². The van der Waals surface area contributed by atoms with E-state index in [4.69, 9.17) is 33.0 Å². The van der Waals surface area contributed by atoms with Crippen LogP contribution in [-0.2, 0) is 4.74 Å². The Hall–Kier alpha value is 0.240. The highest BCUT2D eigenvalue weighted by atomic mass is 35.5. The van der Waals surface area contributed by atoms with Crippen LogP contribution in [0.25, 0.3) is 0 Å². The van der Waals surface area contributed by atoms with Gasteiger partial charge in [0.1, 0.15) is 0 Å². The zero-order chi connectivity index (χ0) is 8.15. The van der Waals surface area contributed by atoms with Gasteiger partial charge in [-0.1, -0.05) is 18.2 Å². The summed E-state index contributed by atoms with van der Waals surface area (Å²) in [6, 6.07) is 0. The number of hydrogen-bond acceptors (Lipinski definition) is 2. The molecule has 0 aromatic carbocycles. The Bertz CT molecular complexity index is 114. The lowest BCUT2D eigenvalue weighted by Crippen LogP contribution is -2.15. The van der Waals surface area contributed by atoms with Crippen LogP contribution < -0.4 is 0 Å². The Morgan fingerprint density at radius 2 is 2.30 bits per heavy atom. The molecule has 0 saturated heterocycles. The molecule has 0 saturated carbocycles. The lowest BCUT2D eigenvalue weighted by atomic mass is 10.4. The summed E-state index contributed by atoms with van der Waals surface area (Å²) in [6.07, 6.45) is -0.808. The average molecular weight is 185 g/mol. The second-order valence-corrected chi connectivity index (χ2v) is 2.86. The van der Waals surface area contributed by atoms with Crippen LogP contribution in [0.4, 0.5) is 0 Å². The first kappa shape index (κ1) is 10.2. The number of alkyl halides is 1. The number of rotatable bonds is 4. The summed E-state index contributed by atoms with van der Waals surface area (Å²) in [5.74, 6) is 0. The van der Waals surface area contributed by atoms with Crippen LogP contribution in [-0.4, -0.2) is 23.4 Å². The zero-order valence-electron chi connectivity index (χ0n) is 5.68. The zero-order valence-corrected chi connectivity index (χ0v) is 7.19. The summed E-state index contributed by atoms with van der Waals surface area (Å²) >= 11 is 11.0. The summed E-state index contributed by atoms with van der Waals surface area (Å²) in [7, 11) is 0. The van der Waals surface area contributed by atoms with Gasteiger partial charge in [0.2, 0.25) is 0 Å². The van der Waals surface area contributed by atoms with E-state index in [1.807, 2.05) is 0 Å². The van der Waals surface area contributed by atoms with Crippen LogP contribution in [0.3, 0.4) is 0 Å². The van der Waals surface area contributed by atoms with Gasteiger partial charge < -0.3 is 9.84 Å². The van der Waals surface area contributed by atoms with Crippen molar-refractivity contribution in [2.24, 2.45) is 0 Å². The average Bonchev–Trinajstić information content (AvgIpc) is 1.82. The van der Waals surface area contributed by atoms with E-state index >= 15 is 0 Å². The van der Waals surface area contributed by atoms with Gasteiger partial charge >= 0.3 is 0 Å². The number of hydrogen-bond donors (Lipinski definition) is 1. The maximum atomic E-state index is 8.63. The molecule has 10 heavy (non-hydrogen) atoms. The molecule has 2 unspecified atom stereocenters. The Labute approximate surface area is 70.4 Å². The summed E-state index contributed by atoms with van der Waals surface area (Å²) in [6.45, 7) is 5.09. The standard InChI is InChI=1S/C6H10Cl2O2/c1-4(7)6(8)3-10-5(2)9/h5-6,9H,1,3H2,2H3. The third kappa shape index (κ3) is 5.06. The van der Waals surface area contributed by atoms with Gasteiger partial charge in [-0.05, 0) is 6.92 Å². The minimum absolute atomic E-state index is 0.182.